The van der Waals surface area contributed by atoms with E-state index in [1.54, 1.807) is 0 Å². The molecule has 0 radical (unpaired) electrons. The van der Waals surface area contributed by atoms with Crippen molar-refractivity contribution in [3.05, 3.63) is 91.8 Å². The highest BCUT2D eigenvalue weighted by atomic mass is 15.2. The number of aromatic nitrogens is 6. The smallest absolute Gasteiger partial charge is 0.0881 e. The fourth-order valence-corrected chi connectivity index (χ4v) is 4.51. The van der Waals surface area contributed by atoms with Crippen LogP contribution in [0.25, 0.3) is 44.3 Å². The lowest BCUT2D eigenvalue weighted by Crippen LogP contribution is -1.94. The predicted molar refractivity (Wildman–Crippen MR) is 209 cm³/mol. The van der Waals surface area contributed by atoms with Crippen LogP contribution in [0.4, 0.5) is 0 Å². The highest BCUT2D eigenvalue weighted by Crippen LogP contribution is 2.24. The van der Waals surface area contributed by atoms with Crippen molar-refractivity contribution in [3.63, 3.8) is 0 Å². The molecule has 0 aliphatic rings. The summed E-state index contributed by atoms with van der Waals surface area (Å²) in [5, 5.41) is 4.20. The van der Waals surface area contributed by atoms with E-state index in [9.17, 15) is 0 Å². The van der Waals surface area contributed by atoms with Gasteiger partial charge < -0.3 is 9.13 Å². The fourth-order valence-electron chi connectivity index (χ4n) is 4.51. The topological polar surface area (TPSA) is 53.5 Å². The van der Waals surface area contributed by atoms with Crippen LogP contribution in [0.5, 0.6) is 0 Å². The van der Waals surface area contributed by atoms with Gasteiger partial charge in [-0.1, -0.05) is 113 Å². The van der Waals surface area contributed by atoms with Crippen LogP contribution in [0.3, 0.4) is 0 Å². The predicted octanol–water partition coefficient (Wildman–Crippen LogP) is 12.6. The quantitative estimate of drug-likeness (QED) is 0.183. The van der Waals surface area contributed by atoms with Gasteiger partial charge in [-0.05, 0) is 42.7 Å². The van der Waals surface area contributed by atoms with E-state index in [-0.39, 0.29) is 2.85 Å². The monoisotopic (exact) mass is 633 g/mol. The van der Waals surface area contributed by atoms with Crippen LogP contribution in [0.2, 0.25) is 0 Å². The van der Waals surface area contributed by atoms with E-state index < -0.39 is 0 Å². The lowest BCUT2D eigenvalue weighted by molar-refractivity contribution is 0.703. The Morgan fingerprint density at radius 3 is 1.37 bits per heavy atom. The molecule has 0 atom stereocenters. The first-order valence-corrected chi connectivity index (χ1v) is 17.6. The van der Waals surface area contributed by atoms with E-state index in [0.717, 1.165) is 48.1 Å². The number of pyridine rings is 2. The molecule has 6 heteroatoms. The van der Waals surface area contributed by atoms with Crippen LogP contribution in [0.1, 0.15) is 98.8 Å². The Hall–Kier alpha value is -4.19. The normalized spacial score (nSPS) is 9.33. The van der Waals surface area contributed by atoms with Crippen molar-refractivity contribution in [1.29, 1.82) is 0 Å². The summed E-state index contributed by atoms with van der Waals surface area (Å²) in [6.07, 6.45) is 14.2. The Morgan fingerprint density at radius 2 is 0.978 bits per heavy atom. The average Bonchev–Trinajstić information content (AvgIpc) is 3.88. The van der Waals surface area contributed by atoms with Gasteiger partial charge in [0.05, 0.1) is 28.3 Å². The molecular formula is C40H66N6. The molecule has 0 aliphatic heterocycles. The summed E-state index contributed by atoms with van der Waals surface area (Å²) in [6.45, 7) is 26.5. The molecular weight excluding hydrogens is 564 g/mol. The zero-order chi connectivity index (χ0) is 34.9. The summed E-state index contributed by atoms with van der Waals surface area (Å²) in [5.74, 6) is 0. The van der Waals surface area contributed by atoms with Gasteiger partial charge in [-0.3, -0.25) is 14.6 Å². The third kappa shape index (κ3) is 12.0. The molecule has 6 aromatic rings. The van der Waals surface area contributed by atoms with Crippen molar-refractivity contribution >= 4 is 22.1 Å². The molecule has 0 fully saturated rings. The van der Waals surface area contributed by atoms with Crippen LogP contribution in [-0.4, -0.2) is 28.9 Å². The van der Waals surface area contributed by atoms with E-state index in [1.165, 1.54) is 22.2 Å². The number of nitrogens with zero attached hydrogens (tertiary/aromatic N) is 6. The molecule has 0 N–H and O–H groups in total. The van der Waals surface area contributed by atoms with Gasteiger partial charge in [-0.15, -0.1) is 0 Å². The molecule has 0 bridgehead atoms. The number of hydrogen-bond acceptors (Lipinski definition) is 3. The highest BCUT2D eigenvalue weighted by Gasteiger charge is 2.07. The lowest BCUT2D eigenvalue weighted by Gasteiger charge is -2.05. The third-order valence-electron chi connectivity index (χ3n) is 6.31. The molecule has 0 saturated carbocycles. The third-order valence-corrected chi connectivity index (χ3v) is 6.31. The molecule has 0 saturated heterocycles. The van der Waals surface area contributed by atoms with Crippen LogP contribution in [0, 0.1) is 0 Å². The van der Waals surface area contributed by atoms with Crippen molar-refractivity contribution in [1.82, 2.24) is 28.9 Å². The minimum absolute atomic E-state index is 0. The summed E-state index contributed by atoms with van der Waals surface area (Å²) >= 11 is 0. The summed E-state index contributed by atoms with van der Waals surface area (Å²) in [4.78, 5) is 9.05. The molecule has 1 aromatic carbocycles. The lowest BCUT2D eigenvalue weighted by atomic mass is 10.1. The molecule has 6 nitrogen and oxygen atoms in total. The Balaban J connectivity index is -0.000000649. The van der Waals surface area contributed by atoms with Crippen molar-refractivity contribution in [2.75, 3.05) is 0 Å². The molecule has 5 heterocycles. The van der Waals surface area contributed by atoms with E-state index in [2.05, 4.69) is 99.0 Å². The molecule has 0 unspecified atom stereocenters. The first-order valence-electron chi connectivity index (χ1n) is 17.6. The molecule has 256 valence electrons. The Morgan fingerprint density at radius 1 is 0.543 bits per heavy atom. The number of fused-ring (bicyclic) bond motifs is 2. The molecule has 6 rings (SSSR count). The number of aryl methyl sites for hydroxylation is 3. The minimum Gasteiger partial charge on any atom is -0.346 e. The maximum atomic E-state index is 4.54. The maximum absolute atomic E-state index is 4.54. The number of rotatable bonds is 6. The van der Waals surface area contributed by atoms with Crippen molar-refractivity contribution in [2.24, 2.45) is 7.05 Å². The first kappa shape index (κ1) is 41.8. The van der Waals surface area contributed by atoms with Gasteiger partial charge in [-0.25, -0.2) is 0 Å². The largest absolute Gasteiger partial charge is 0.346 e. The van der Waals surface area contributed by atoms with Gasteiger partial charge in [-0.2, -0.15) is 5.10 Å². The van der Waals surface area contributed by atoms with Gasteiger partial charge in [0.2, 0.25) is 0 Å². The standard InChI is InChI=1S/C16H16N2.C14H16N4.5C2H6.2H2/c1-2-9-18-10-8-15-16(18)11-14(12-17-15)13-6-4-3-5-7-13;1-3-5-18-6-4-13-14(18)7-11(8-15-13)12-9-16-17(2)10-12;5*1-2;;/h3-8,10-12H,2,9H2,1H3;4,6-10H,3,5H2,1-2H3;5*1-2H3;2*1H/i;;;;;;;2*1+1. The van der Waals surface area contributed by atoms with Crippen LogP contribution >= 0.6 is 0 Å². The SMILES string of the molecule is CC.CC.CC.CC.CC.CCCn1ccc2ncc(-c3ccccc3)cc21.CCCn1ccc2ncc(-c3cnn(C)c3)cc21.[2HH].[2HH]. The van der Waals surface area contributed by atoms with Gasteiger partial charge in [0.1, 0.15) is 0 Å². The van der Waals surface area contributed by atoms with Gasteiger partial charge in [0.25, 0.3) is 0 Å². The second-order valence-corrected chi connectivity index (χ2v) is 9.04. The Labute approximate surface area is 283 Å². The van der Waals surface area contributed by atoms with E-state index in [0.29, 0.717) is 0 Å². The zero-order valence-corrected chi connectivity index (χ0v) is 31.2. The van der Waals surface area contributed by atoms with Crippen molar-refractivity contribution < 1.29 is 2.85 Å². The van der Waals surface area contributed by atoms with Crippen molar-refractivity contribution in [3.8, 4) is 22.3 Å². The Kier molecular flexibility index (Phi) is 22.8. The summed E-state index contributed by atoms with van der Waals surface area (Å²) in [7, 11) is 1.93. The molecule has 5 aromatic heterocycles. The molecule has 46 heavy (non-hydrogen) atoms. The zero-order valence-electron chi connectivity index (χ0n) is 31.2. The Bertz CT molecular complexity index is 1590. The number of benzene rings is 1. The second kappa shape index (κ2) is 25.1. The van der Waals surface area contributed by atoms with Crippen LogP contribution in [0.15, 0.2) is 91.8 Å². The van der Waals surface area contributed by atoms with E-state index >= 15 is 0 Å². The van der Waals surface area contributed by atoms with E-state index in [1.807, 2.05) is 112 Å². The molecule has 0 spiro atoms. The minimum atomic E-state index is 0. The van der Waals surface area contributed by atoms with Gasteiger partial charge in [0, 0.05) is 70.7 Å². The summed E-state index contributed by atoms with van der Waals surface area (Å²) < 4.78 is 6.33. The molecule has 0 aliphatic carbocycles. The van der Waals surface area contributed by atoms with Gasteiger partial charge >= 0.3 is 0 Å². The van der Waals surface area contributed by atoms with Crippen LogP contribution < -0.4 is 0 Å². The van der Waals surface area contributed by atoms with Crippen molar-refractivity contribution in [2.45, 2.75) is 109 Å². The second-order valence-electron chi connectivity index (χ2n) is 9.04. The van der Waals surface area contributed by atoms with Gasteiger partial charge in [0.15, 0.2) is 0 Å². The first-order chi connectivity index (χ1) is 22.7. The van der Waals surface area contributed by atoms with E-state index in [4.69, 9.17) is 0 Å². The average molecular weight is 633 g/mol. The highest BCUT2D eigenvalue weighted by molar-refractivity contribution is 5.82. The summed E-state index contributed by atoms with van der Waals surface area (Å²) in [6, 6.07) is 19.0. The van der Waals surface area contributed by atoms with Crippen LogP contribution in [-0.2, 0) is 20.1 Å². The fraction of sp³-hybridized carbons (Fsp3) is 0.425. The number of hydrogen-bond donors (Lipinski definition) is 0. The summed E-state index contributed by atoms with van der Waals surface area (Å²) in [5.41, 5.74) is 9.16. The maximum Gasteiger partial charge on any atom is 0.0881 e. The molecule has 0 amide bonds.